The molecular weight excluding hydrogens is 272 g/mol. The van der Waals surface area contributed by atoms with E-state index in [1.54, 1.807) is 0 Å². The summed E-state index contributed by atoms with van der Waals surface area (Å²) in [5.41, 5.74) is 4.56. The minimum absolute atomic E-state index is 0.769. The summed E-state index contributed by atoms with van der Waals surface area (Å²) in [6.45, 7) is 4.38. The van der Waals surface area contributed by atoms with Crippen LogP contribution < -0.4 is 5.32 Å². The number of hydrogen-bond donors (Lipinski definition) is 1. The molecule has 1 N–H and O–H groups in total. The summed E-state index contributed by atoms with van der Waals surface area (Å²) in [7, 11) is 0. The normalized spacial score (nSPS) is 10.8. The lowest BCUT2D eigenvalue weighted by molar-refractivity contribution is 0.670. The van der Waals surface area contributed by atoms with Gasteiger partial charge in [0, 0.05) is 30.5 Å². The van der Waals surface area contributed by atoms with Crippen LogP contribution >= 0.6 is 0 Å². The molecule has 0 fully saturated rings. The molecule has 0 unspecified atom stereocenters. The molecular formula is C18H20N4. The second-order valence-electron chi connectivity index (χ2n) is 5.41. The van der Waals surface area contributed by atoms with E-state index in [0.717, 1.165) is 31.0 Å². The quantitative estimate of drug-likeness (QED) is 0.759. The van der Waals surface area contributed by atoms with E-state index >= 15 is 0 Å². The van der Waals surface area contributed by atoms with E-state index in [9.17, 15) is 0 Å². The standard InChI is InChI=1S/C18H20N4/c1-15-6-5-9-18(21-15)12-19-10-17-11-20-22(14-17)13-16-7-3-2-4-8-16/h2-9,11,14,19H,10,12-13H2,1H3. The molecule has 22 heavy (non-hydrogen) atoms. The minimum Gasteiger partial charge on any atom is -0.307 e. The number of pyridine rings is 1. The molecule has 0 aliphatic carbocycles. The fourth-order valence-corrected chi connectivity index (χ4v) is 2.39. The van der Waals surface area contributed by atoms with Crippen molar-refractivity contribution in [2.75, 3.05) is 0 Å². The SMILES string of the molecule is Cc1cccc(CNCc2cnn(Cc3ccccc3)c2)n1. The van der Waals surface area contributed by atoms with Gasteiger partial charge in [-0.1, -0.05) is 36.4 Å². The maximum Gasteiger partial charge on any atom is 0.0659 e. The van der Waals surface area contributed by atoms with E-state index in [1.807, 2.05) is 42.1 Å². The van der Waals surface area contributed by atoms with Gasteiger partial charge in [0.1, 0.15) is 0 Å². The first-order valence-electron chi connectivity index (χ1n) is 7.48. The average molecular weight is 292 g/mol. The summed E-state index contributed by atoms with van der Waals surface area (Å²) in [5, 5.41) is 7.82. The summed E-state index contributed by atoms with van der Waals surface area (Å²) in [5.74, 6) is 0. The largest absolute Gasteiger partial charge is 0.307 e. The fourth-order valence-electron chi connectivity index (χ4n) is 2.39. The molecule has 0 aliphatic rings. The summed E-state index contributed by atoms with van der Waals surface area (Å²) < 4.78 is 1.97. The van der Waals surface area contributed by atoms with Crippen molar-refractivity contribution in [2.24, 2.45) is 0 Å². The van der Waals surface area contributed by atoms with Crippen LogP contribution in [0.3, 0.4) is 0 Å². The molecule has 0 spiro atoms. The third-order valence-corrected chi connectivity index (χ3v) is 3.46. The van der Waals surface area contributed by atoms with Crippen molar-refractivity contribution in [1.82, 2.24) is 20.1 Å². The van der Waals surface area contributed by atoms with Crippen LogP contribution in [0.25, 0.3) is 0 Å². The lowest BCUT2D eigenvalue weighted by Crippen LogP contribution is -2.13. The van der Waals surface area contributed by atoms with Gasteiger partial charge in [0.25, 0.3) is 0 Å². The predicted octanol–water partition coefficient (Wildman–Crippen LogP) is 2.92. The van der Waals surface area contributed by atoms with Gasteiger partial charge in [0.2, 0.25) is 0 Å². The van der Waals surface area contributed by atoms with Gasteiger partial charge >= 0.3 is 0 Å². The highest BCUT2D eigenvalue weighted by atomic mass is 15.3. The molecule has 0 saturated carbocycles. The van der Waals surface area contributed by atoms with Crippen LogP contribution in [0.2, 0.25) is 0 Å². The first-order valence-corrected chi connectivity index (χ1v) is 7.48. The van der Waals surface area contributed by atoms with E-state index in [-0.39, 0.29) is 0 Å². The number of aryl methyl sites for hydroxylation is 1. The smallest absolute Gasteiger partial charge is 0.0659 e. The van der Waals surface area contributed by atoms with Gasteiger partial charge in [-0.2, -0.15) is 5.10 Å². The maximum absolute atomic E-state index is 4.48. The second kappa shape index (κ2) is 7.00. The Labute approximate surface area is 130 Å². The number of hydrogen-bond acceptors (Lipinski definition) is 3. The van der Waals surface area contributed by atoms with Crippen LogP contribution in [0.15, 0.2) is 60.9 Å². The Kier molecular flexibility index (Phi) is 4.61. The maximum atomic E-state index is 4.48. The van der Waals surface area contributed by atoms with Crippen LogP contribution in [-0.2, 0) is 19.6 Å². The number of rotatable bonds is 6. The Hall–Kier alpha value is -2.46. The van der Waals surface area contributed by atoms with Crippen molar-refractivity contribution in [3.63, 3.8) is 0 Å². The number of aromatic nitrogens is 3. The molecule has 0 saturated heterocycles. The molecule has 2 heterocycles. The van der Waals surface area contributed by atoms with Crippen LogP contribution in [0, 0.1) is 6.92 Å². The molecule has 2 aromatic heterocycles. The van der Waals surface area contributed by atoms with Crippen molar-refractivity contribution in [1.29, 1.82) is 0 Å². The highest BCUT2D eigenvalue weighted by molar-refractivity contribution is 5.15. The Bertz CT molecular complexity index is 719. The lowest BCUT2D eigenvalue weighted by Gasteiger charge is -2.03. The zero-order valence-electron chi connectivity index (χ0n) is 12.7. The molecule has 112 valence electrons. The zero-order chi connectivity index (χ0) is 15.2. The van der Waals surface area contributed by atoms with Crippen molar-refractivity contribution < 1.29 is 0 Å². The van der Waals surface area contributed by atoms with Crippen LogP contribution in [0.5, 0.6) is 0 Å². The summed E-state index contributed by atoms with van der Waals surface area (Å²) in [4.78, 5) is 4.48. The predicted molar refractivity (Wildman–Crippen MR) is 87.3 cm³/mol. The van der Waals surface area contributed by atoms with Crippen molar-refractivity contribution in [2.45, 2.75) is 26.6 Å². The molecule has 1 aromatic carbocycles. The monoisotopic (exact) mass is 292 g/mol. The molecule has 0 aliphatic heterocycles. The van der Waals surface area contributed by atoms with Gasteiger partial charge in [-0.3, -0.25) is 9.67 Å². The van der Waals surface area contributed by atoms with Crippen molar-refractivity contribution >= 4 is 0 Å². The molecule has 0 atom stereocenters. The van der Waals surface area contributed by atoms with Crippen LogP contribution in [0.1, 0.15) is 22.5 Å². The van der Waals surface area contributed by atoms with Crippen LogP contribution in [-0.4, -0.2) is 14.8 Å². The van der Waals surface area contributed by atoms with E-state index in [4.69, 9.17) is 0 Å². The number of benzene rings is 1. The Morgan fingerprint density at radius 2 is 1.82 bits per heavy atom. The van der Waals surface area contributed by atoms with Gasteiger partial charge in [-0.15, -0.1) is 0 Å². The van der Waals surface area contributed by atoms with Gasteiger partial charge in [-0.25, -0.2) is 0 Å². The average Bonchev–Trinajstić information content (AvgIpc) is 2.96. The van der Waals surface area contributed by atoms with Crippen molar-refractivity contribution in [3.05, 3.63) is 83.4 Å². The molecule has 0 bridgehead atoms. The fraction of sp³-hybridized carbons (Fsp3) is 0.222. The van der Waals surface area contributed by atoms with Gasteiger partial charge < -0.3 is 5.32 Å². The minimum atomic E-state index is 0.769. The summed E-state index contributed by atoms with van der Waals surface area (Å²) >= 11 is 0. The Balaban J connectivity index is 1.51. The topological polar surface area (TPSA) is 42.7 Å². The molecule has 4 nitrogen and oxygen atoms in total. The number of nitrogens with zero attached hydrogens (tertiary/aromatic N) is 3. The van der Waals surface area contributed by atoms with Crippen LogP contribution in [0.4, 0.5) is 0 Å². The van der Waals surface area contributed by atoms with E-state index in [1.165, 1.54) is 11.1 Å². The first kappa shape index (κ1) is 14.5. The third-order valence-electron chi connectivity index (χ3n) is 3.46. The van der Waals surface area contributed by atoms with E-state index in [0.29, 0.717) is 0 Å². The van der Waals surface area contributed by atoms with E-state index in [2.05, 4.69) is 45.9 Å². The van der Waals surface area contributed by atoms with Gasteiger partial charge in [0.05, 0.1) is 18.4 Å². The highest BCUT2D eigenvalue weighted by Gasteiger charge is 2.00. The first-order chi connectivity index (χ1) is 10.8. The second-order valence-corrected chi connectivity index (χ2v) is 5.41. The van der Waals surface area contributed by atoms with Gasteiger partial charge in [0.15, 0.2) is 0 Å². The van der Waals surface area contributed by atoms with E-state index < -0.39 is 0 Å². The molecule has 3 rings (SSSR count). The third kappa shape index (κ3) is 4.02. The summed E-state index contributed by atoms with van der Waals surface area (Å²) in [6.07, 6.45) is 4.00. The Morgan fingerprint density at radius 1 is 0.955 bits per heavy atom. The number of nitrogens with one attached hydrogen (secondary N) is 1. The lowest BCUT2D eigenvalue weighted by atomic mass is 10.2. The Morgan fingerprint density at radius 3 is 2.64 bits per heavy atom. The molecule has 0 amide bonds. The summed E-state index contributed by atoms with van der Waals surface area (Å²) in [6, 6.07) is 16.5. The molecule has 0 radical (unpaired) electrons. The zero-order valence-corrected chi connectivity index (χ0v) is 12.7. The molecule has 4 heteroatoms. The highest BCUT2D eigenvalue weighted by Crippen LogP contribution is 2.04. The van der Waals surface area contributed by atoms with Gasteiger partial charge in [-0.05, 0) is 24.6 Å². The molecule has 3 aromatic rings. The van der Waals surface area contributed by atoms with Crippen molar-refractivity contribution in [3.8, 4) is 0 Å².